The number of hydrogen-bond acceptors (Lipinski definition) is 3. The molecule has 1 amide bonds. The summed E-state index contributed by atoms with van der Waals surface area (Å²) in [5, 5.41) is 3.14. The van der Waals surface area contributed by atoms with E-state index >= 15 is 0 Å². The number of allylic oxidation sites excluding steroid dienone is 1. The molecule has 4 aromatic rings. The highest BCUT2D eigenvalue weighted by molar-refractivity contribution is 5.94. The molecule has 1 saturated heterocycles. The Balaban J connectivity index is 1.05. The van der Waals surface area contributed by atoms with Crippen LogP contribution in [0.4, 0.5) is 0 Å². The summed E-state index contributed by atoms with van der Waals surface area (Å²) in [6.07, 6.45) is 12.5. The molecule has 5 fully saturated rings. The molecule has 2 atom stereocenters. The maximum absolute atomic E-state index is 13.8. The van der Waals surface area contributed by atoms with E-state index in [0.717, 1.165) is 59.3 Å². The Hall–Kier alpha value is -4.06. The predicted molar refractivity (Wildman–Crippen MR) is 172 cm³/mol. The van der Waals surface area contributed by atoms with E-state index in [0.29, 0.717) is 17.9 Å². The molecule has 2 aromatic heterocycles. The smallest absolute Gasteiger partial charge is 0.230 e. The number of imidazole rings is 1. The fourth-order valence-corrected chi connectivity index (χ4v) is 9.52. The Kier molecular flexibility index (Phi) is 5.04. The highest BCUT2D eigenvalue weighted by Crippen LogP contribution is 2.66. The van der Waals surface area contributed by atoms with Gasteiger partial charge in [-0.05, 0) is 96.9 Å². The van der Waals surface area contributed by atoms with Gasteiger partial charge in [-0.3, -0.25) is 4.79 Å². The zero-order chi connectivity index (χ0) is 29.3. The molecule has 1 spiro atoms. The molecule has 0 N–H and O–H groups in total. The van der Waals surface area contributed by atoms with Crippen LogP contribution in [0.2, 0.25) is 0 Å². The van der Waals surface area contributed by atoms with E-state index in [1.54, 1.807) is 7.11 Å². The molecule has 2 unspecified atom stereocenters. The SMILES string of the molecule is COC1=c2c(nc(-c3cc4cc(C5=Cc6ccccc6C5)ccc4n3CC3CC3)n2C)=CC(C(=O)N2CC34CC(CC23)C4)C1. The van der Waals surface area contributed by atoms with E-state index < -0.39 is 0 Å². The topological polar surface area (TPSA) is 52.3 Å². The Morgan fingerprint density at radius 3 is 2.77 bits per heavy atom. The van der Waals surface area contributed by atoms with Crippen molar-refractivity contribution in [2.24, 2.45) is 30.2 Å². The normalized spacial score (nSPS) is 27.7. The van der Waals surface area contributed by atoms with E-state index in [-0.39, 0.29) is 11.8 Å². The number of nitrogens with zero attached hydrogens (tertiary/aromatic N) is 4. The van der Waals surface area contributed by atoms with Crippen LogP contribution in [0, 0.1) is 23.2 Å². The number of carbonyl (C=O) groups is 1. The van der Waals surface area contributed by atoms with Crippen molar-refractivity contribution in [1.29, 1.82) is 0 Å². The van der Waals surface area contributed by atoms with Crippen LogP contribution in [0.3, 0.4) is 0 Å². The van der Waals surface area contributed by atoms with Gasteiger partial charge in [0.2, 0.25) is 5.91 Å². The number of amides is 1. The molecule has 6 nitrogen and oxygen atoms in total. The van der Waals surface area contributed by atoms with Gasteiger partial charge in [0, 0.05) is 48.9 Å². The molecule has 6 aliphatic carbocycles. The quantitative estimate of drug-likeness (QED) is 0.318. The number of benzene rings is 2. The summed E-state index contributed by atoms with van der Waals surface area (Å²) in [7, 11) is 3.84. The molecular weight excluding hydrogens is 544 g/mol. The second kappa shape index (κ2) is 8.77. The van der Waals surface area contributed by atoms with E-state index in [4.69, 9.17) is 9.72 Å². The maximum Gasteiger partial charge on any atom is 0.230 e. The van der Waals surface area contributed by atoms with Crippen molar-refractivity contribution in [2.75, 3.05) is 13.7 Å². The van der Waals surface area contributed by atoms with E-state index in [2.05, 4.69) is 81.8 Å². The number of aromatic nitrogens is 3. The lowest BCUT2D eigenvalue weighted by Gasteiger charge is -2.57. The van der Waals surface area contributed by atoms with Gasteiger partial charge in [0.25, 0.3) is 0 Å². The fraction of sp³-hybridized carbons (Fsp3) is 0.421. The van der Waals surface area contributed by atoms with E-state index in [1.807, 2.05) is 0 Å². The van der Waals surface area contributed by atoms with Crippen LogP contribution in [-0.4, -0.2) is 44.6 Å². The maximum atomic E-state index is 13.8. The summed E-state index contributed by atoms with van der Waals surface area (Å²) in [6.45, 7) is 1.96. The molecule has 1 aliphatic heterocycles. The van der Waals surface area contributed by atoms with Crippen molar-refractivity contribution < 1.29 is 9.53 Å². The van der Waals surface area contributed by atoms with Gasteiger partial charge in [-0.2, -0.15) is 0 Å². The first-order valence-corrected chi connectivity index (χ1v) is 16.5. The minimum absolute atomic E-state index is 0.209. The monoisotopic (exact) mass is 582 g/mol. The van der Waals surface area contributed by atoms with Crippen molar-refractivity contribution in [2.45, 2.75) is 57.5 Å². The number of carbonyl (C=O) groups excluding carboxylic acids is 1. The fourth-order valence-electron chi connectivity index (χ4n) is 9.52. The minimum Gasteiger partial charge on any atom is -0.499 e. The first kappa shape index (κ1) is 25.3. The second-order valence-corrected chi connectivity index (χ2v) is 14.6. The summed E-state index contributed by atoms with van der Waals surface area (Å²) in [4.78, 5) is 21.2. The van der Waals surface area contributed by atoms with Gasteiger partial charge < -0.3 is 18.8 Å². The van der Waals surface area contributed by atoms with E-state index in [1.165, 1.54) is 65.3 Å². The number of ether oxygens (including phenoxy) is 1. The molecule has 6 heteroatoms. The van der Waals surface area contributed by atoms with Crippen LogP contribution in [0.1, 0.15) is 55.2 Å². The van der Waals surface area contributed by atoms with Crippen molar-refractivity contribution in [3.8, 4) is 11.5 Å². The zero-order valence-corrected chi connectivity index (χ0v) is 25.6. The van der Waals surface area contributed by atoms with Gasteiger partial charge in [-0.1, -0.05) is 36.4 Å². The zero-order valence-electron chi connectivity index (χ0n) is 25.6. The van der Waals surface area contributed by atoms with E-state index in [9.17, 15) is 4.79 Å². The molecule has 4 saturated carbocycles. The second-order valence-electron chi connectivity index (χ2n) is 14.6. The first-order chi connectivity index (χ1) is 21.5. The lowest BCUT2D eigenvalue weighted by atomic mass is 9.63. The third-order valence-corrected chi connectivity index (χ3v) is 11.9. The average Bonchev–Trinajstić information content (AvgIpc) is 3.25. The highest BCUT2D eigenvalue weighted by Gasteiger charge is 2.67. The number of hydrogen-bond donors (Lipinski definition) is 0. The van der Waals surface area contributed by atoms with Crippen molar-refractivity contribution in [1.82, 2.24) is 19.0 Å². The average molecular weight is 583 g/mol. The van der Waals surface area contributed by atoms with Gasteiger partial charge in [0.1, 0.15) is 11.1 Å². The number of likely N-dealkylation sites (tertiary alicyclic amines) is 1. The highest BCUT2D eigenvalue weighted by atomic mass is 16.5. The summed E-state index contributed by atoms with van der Waals surface area (Å²) in [5.74, 6) is 3.44. The van der Waals surface area contributed by atoms with Gasteiger partial charge in [-0.25, -0.2) is 4.98 Å². The largest absolute Gasteiger partial charge is 0.499 e. The van der Waals surface area contributed by atoms with Gasteiger partial charge in [-0.15, -0.1) is 0 Å². The molecule has 3 heterocycles. The Morgan fingerprint density at radius 1 is 1.11 bits per heavy atom. The molecule has 11 rings (SSSR count). The third kappa shape index (κ3) is 3.48. The number of methoxy groups -OCH3 is 1. The molecule has 44 heavy (non-hydrogen) atoms. The third-order valence-electron chi connectivity index (χ3n) is 11.9. The van der Waals surface area contributed by atoms with Gasteiger partial charge >= 0.3 is 0 Å². The molecule has 2 bridgehead atoms. The molecule has 2 aromatic carbocycles. The van der Waals surface area contributed by atoms with Crippen LogP contribution >= 0.6 is 0 Å². The Morgan fingerprint density at radius 2 is 1.98 bits per heavy atom. The summed E-state index contributed by atoms with van der Waals surface area (Å²) >= 11 is 0. The summed E-state index contributed by atoms with van der Waals surface area (Å²) in [6, 6.07) is 18.5. The number of fused-ring (bicyclic) bond motifs is 3. The Labute approximate surface area is 257 Å². The Bertz CT molecular complexity index is 2070. The minimum atomic E-state index is -0.209. The molecule has 7 aliphatic rings. The standard InChI is InChI=1S/C38H38N4O2/c1-40-35-30(15-29(17-33(35)44-2)37(43)42-21-38-18-23(19-38)11-34(38)42)39-36(40)32-16-28-14-26(9-10-31(28)41(32)20-22-7-8-22)27-12-24-5-3-4-6-25(24)13-27/h3-6,9-10,12,14-16,22-23,29,34H,7-8,11,13,17-21H2,1-2H3. The molecule has 222 valence electrons. The van der Waals surface area contributed by atoms with Crippen LogP contribution in [0.15, 0.2) is 48.5 Å². The van der Waals surface area contributed by atoms with Crippen molar-refractivity contribution in [3.63, 3.8) is 0 Å². The molecular formula is C38H38N4O2. The lowest BCUT2D eigenvalue weighted by Crippen LogP contribution is -2.65. The van der Waals surface area contributed by atoms with Crippen LogP contribution in [0.25, 0.3) is 45.9 Å². The first-order valence-electron chi connectivity index (χ1n) is 16.5. The van der Waals surface area contributed by atoms with Crippen molar-refractivity contribution in [3.05, 3.63) is 75.9 Å². The summed E-state index contributed by atoms with van der Waals surface area (Å²) < 4.78 is 10.7. The number of rotatable bonds is 6. The lowest BCUT2D eigenvalue weighted by molar-refractivity contribution is -0.156. The molecule has 0 radical (unpaired) electrons. The van der Waals surface area contributed by atoms with Gasteiger partial charge in [0.15, 0.2) is 5.82 Å². The van der Waals surface area contributed by atoms with Crippen LogP contribution < -0.4 is 10.7 Å². The summed E-state index contributed by atoms with van der Waals surface area (Å²) in [5.41, 5.74) is 8.28. The van der Waals surface area contributed by atoms with Gasteiger partial charge in [0.05, 0.1) is 24.1 Å². The van der Waals surface area contributed by atoms with Crippen LogP contribution in [0.5, 0.6) is 0 Å². The van der Waals surface area contributed by atoms with Crippen LogP contribution in [-0.2, 0) is 29.5 Å². The van der Waals surface area contributed by atoms with Crippen molar-refractivity contribution >= 4 is 40.3 Å². The predicted octanol–water partition coefficient (Wildman–Crippen LogP) is 5.11.